The molecule has 1 aromatic carbocycles. The average Bonchev–Trinajstić information content (AvgIpc) is 2.83. The van der Waals surface area contributed by atoms with Crippen molar-refractivity contribution in [1.82, 2.24) is 0 Å². The molecule has 1 aliphatic rings. The minimum absolute atomic E-state index is 0. The molecule has 2 unspecified atom stereocenters. The summed E-state index contributed by atoms with van der Waals surface area (Å²) in [5, 5.41) is 0. The van der Waals surface area contributed by atoms with E-state index < -0.39 is 23.7 Å². The third-order valence-corrected chi connectivity index (χ3v) is 10.8. The Morgan fingerprint density at radius 1 is 1.03 bits per heavy atom. The number of halogens is 2. The van der Waals surface area contributed by atoms with Gasteiger partial charge in [0.05, 0.1) is 0 Å². The number of benzene rings is 1. The van der Waals surface area contributed by atoms with E-state index in [0.717, 1.165) is 11.7 Å². The second kappa shape index (κ2) is 11.6. The van der Waals surface area contributed by atoms with Gasteiger partial charge in [0.25, 0.3) is 0 Å². The van der Waals surface area contributed by atoms with Crippen LogP contribution < -0.4 is 2.81 Å². The summed E-state index contributed by atoms with van der Waals surface area (Å²) in [5.41, 5.74) is 3.46. The fraction of sp³-hybridized carbons (Fsp3) is 0.643. The minimum atomic E-state index is -1.23. The van der Waals surface area contributed by atoms with Crippen LogP contribution in [0.25, 0.3) is 0 Å². The summed E-state index contributed by atoms with van der Waals surface area (Å²) in [4.78, 5) is 0. The van der Waals surface area contributed by atoms with Gasteiger partial charge < -0.3 is 0 Å². The van der Waals surface area contributed by atoms with E-state index in [1.165, 1.54) is 24.0 Å². The van der Waals surface area contributed by atoms with Crippen LogP contribution in [0.15, 0.2) is 39.7 Å². The molecule has 1 aliphatic carbocycles. The molecular weight excluding hydrogens is 514 g/mol. The van der Waals surface area contributed by atoms with E-state index in [0.29, 0.717) is 5.41 Å². The minimum Gasteiger partial charge on any atom is -0.147 e. The SMILES string of the molecule is CC=CC=[C]([Zr][O]c1ccc(C(C)(C)C)cc1C(C)(C)C)C1(C)CCC(C)C1(C)C.Cl.Cl. The van der Waals surface area contributed by atoms with Crippen molar-refractivity contribution in [2.75, 3.05) is 0 Å². The first-order valence-corrected chi connectivity index (χ1v) is 13.8. The molecule has 1 aromatic rings. The molecule has 1 saturated carbocycles. The first kappa shape index (κ1) is 32.0. The molecule has 182 valence electrons. The molecule has 0 heterocycles. The summed E-state index contributed by atoms with van der Waals surface area (Å²) in [6.45, 7) is 25.7. The van der Waals surface area contributed by atoms with E-state index in [2.05, 4.69) is 113 Å². The molecule has 0 amide bonds. The van der Waals surface area contributed by atoms with E-state index >= 15 is 0 Å². The average molecular weight is 561 g/mol. The molecule has 1 fully saturated rings. The molecule has 1 nitrogen and oxygen atoms in total. The maximum Gasteiger partial charge on any atom is -0.147 e. The van der Waals surface area contributed by atoms with E-state index in [9.17, 15) is 0 Å². The Bertz CT molecular complexity index is 812. The van der Waals surface area contributed by atoms with E-state index in [1.54, 1.807) is 3.28 Å². The largest absolute Gasteiger partial charge is 0.147 e. The van der Waals surface area contributed by atoms with Crippen molar-refractivity contribution in [2.24, 2.45) is 16.7 Å². The van der Waals surface area contributed by atoms with Crippen molar-refractivity contribution in [3.05, 3.63) is 50.8 Å². The maximum absolute atomic E-state index is 6.76. The van der Waals surface area contributed by atoms with Crippen LogP contribution in [-0.4, -0.2) is 0 Å². The predicted molar refractivity (Wildman–Crippen MR) is 142 cm³/mol. The Balaban J connectivity index is 0.00000480. The monoisotopic (exact) mass is 558 g/mol. The normalized spacial score (nSPS) is 23.5. The third kappa shape index (κ3) is 6.76. The van der Waals surface area contributed by atoms with Crippen LogP contribution in [0.2, 0.25) is 0 Å². The molecule has 0 saturated heterocycles. The van der Waals surface area contributed by atoms with Gasteiger partial charge in [-0.1, -0.05) is 0 Å². The Labute approximate surface area is 223 Å². The van der Waals surface area contributed by atoms with Gasteiger partial charge in [-0.25, -0.2) is 0 Å². The van der Waals surface area contributed by atoms with Gasteiger partial charge in [-0.2, -0.15) is 0 Å². The fourth-order valence-corrected chi connectivity index (χ4v) is 7.55. The summed E-state index contributed by atoms with van der Waals surface area (Å²) in [6.07, 6.45) is 9.32. The topological polar surface area (TPSA) is 9.23 Å². The summed E-state index contributed by atoms with van der Waals surface area (Å²) in [7, 11) is 0. The number of hydrogen-bond donors (Lipinski definition) is 0. The van der Waals surface area contributed by atoms with Gasteiger partial charge in [-0.3, -0.25) is 0 Å². The molecule has 0 aliphatic heterocycles. The van der Waals surface area contributed by atoms with Gasteiger partial charge >= 0.3 is 200 Å². The summed E-state index contributed by atoms with van der Waals surface area (Å²) in [5.74, 6) is 1.84. The molecule has 0 N–H and O–H groups in total. The van der Waals surface area contributed by atoms with Gasteiger partial charge in [0.1, 0.15) is 0 Å². The van der Waals surface area contributed by atoms with Crippen LogP contribution >= 0.6 is 24.8 Å². The van der Waals surface area contributed by atoms with Gasteiger partial charge in [0.2, 0.25) is 0 Å². The predicted octanol–water partition coefficient (Wildman–Crippen LogP) is 9.42. The van der Waals surface area contributed by atoms with Crippen LogP contribution in [0.3, 0.4) is 0 Å². The van der Waals surface area contributed by atoms with Crippen molar-refractivity contribution < 1.29 is 26.5 Å². The summed E-state index contributed by atoms with van der Waals surface area (Å²) < 4.78 is 8.35. The zero-order chi connectivity index (χ0) is 23.0. The van der Waals surface area contributed by atoms with Crippen molar-refractivity contribution in [3.8, 4) is 5.75 Å². The Morgan fingerprint density at radius 2 is 1.62 bits per heavy atom. The molecular formula is C28H46Cl2OZr. The Kier molecular flexibility index (Phi) is 11.6. The first-order valence-electron chi connectivity index (χ1n) is 11.6. The maximum atomic E-state index is 6.76. The van der Waals surface area contributed by atoms with Crippen molar-refractivity contribution in [3.63, 3.8) is 0 Å². The zero-order valence-electron chi connectivity index (χ0n) is 22.2. The molecule has 32 heavy (non-hydrogen) atoms. The quantitative estimate of drug-likeness (QED) is 0.326. The van der Waals surface area contributed by atoms with Crippen molar-refractivity contribution >= 4 is 24.8 Å². The van der Waals surface area contributed by atoms with Gasteiger partial charge in [0, 0.05) is 0 Å². The van der Waals surface area contributed by atoms with E-state index in [1.807, 2.05) is 0 Å². The second-order valence-corrected chi connectivity index (χ2v) is 14.3. The van der Waals surface area contributed by atoms with Gasteiger partial charge in [-0.05, 0) is 0 Å². The summed E-state index contributed by atoms with van der Waals surface area (Å²) >= 11 is -1.23. The zero-order valence-corrected chi connectivity index (χ0v) is 26.3. The van der Waals surface area contributed by atoms with Gasteiger partial charge in [0.15, 0.2) is 0 Å². The molecule has 2 atom stereocenters. The molecule has 0 aromatic heterocycles. The van der Waals surface area contributed by atoms with Crippen LogP contribution in [0.5, 0.6) is 5.75 Å². The Hall–Kier alpha value is -0.0369. The van der Waals surface area contributed by atoms with Crippen LogP contribution in [0.1, 0.15) is 100 Å². The van der Waals surface area contributed by atoms with Crippen LogP contribution in [-0.2, 0) is 34.5 Å². The number of allylic oxidation sites excluding steroid dienone is 4. The molecule has 0 spiro atoms. The molecule has 0 radical (unpaired) electrons. The number of rotatable bonds is 5. The molecule has 2 rings (SSSR count). The third-order valence-electron chi connectivity index (χ3n) is 7.71. The standard InChI is InChI=1S/C14H22O.C14H23.2ClH.Zr/c1-13(2,3)10-7-8-12(15)11(9-10)14(4,5)6;1-6-7-8-10-14(5)11-9-12(2)13(14,3)4;;;/h7-9,15H,1-6H3;6-8,12H,9,11H2,1-5H3;2*1H;/q;;;;+1/p-1. The van der Waals surface area contributed by atoms with Crippen LogP contribution in [0.4, 0.5) is 0 Å². The molecule has 4 heteroatoms. The van der Waals surface area contributed by atoms with Crippen molar-refractivity contribution in [1.29, 1.82) is 0 Å². The second-order valence-electron chi connectivity index (χ2n) is 12.0. The molecule has 0 bridgehead atoms. The summed E-state index contributed by atoms with van der Waals surface area (Å²) in [6, 6.07) is 6.88. The first-order chi connectivity index (χ1) is 13.6. The van der Waals surface area contributed by atoms with Crippen molar-refractivity contribution in [2.45, 2.75) is 99.8 Å². The van der Waals surface area contributed by atoms with E-state index in [4.69, 9.17) is 2.81 Å². The van der Waals surface area contributed by atoms with E-state index in [-0.39, 0.29) is 41.1 Å². The Morgan fingerprint density at radius 3 is 2.06 bits per heavy atom. The fourth-order valence-electron chi connectivity index (χ4n) is 4.52. The van der Waals surface area contributed by atoms with Gasteiger partial charge in [-0.15, -0.1) is 24.8 Å². The number of hydrogen-bond acceptors (Lipinski definition) is 1. The smallest absolute Gasteiger partial charge is 0.147 e. The van der Waals surface area contributed by atoms with Crippen LogP contribution in [0, 0.1) is 16.7 Å².